The van der Waals surface area contributed by atoms with Crippen LogP contribution in [-0.4, -0.2) is 23.2 Å². The number of amides is 1. The van der Waals surface area contributed by atoms with Gasteiger partial charge in [0.2, 0.25) is 0 Å². The van der Waals surface area contributed by atoms with E-state index in [2.05, 4.69) is 10.3 Å². The zero-order valence-electron chi connectivity index (χ0n) is 10.5. The van der Waals surface area contributed by atoms with Crippen molar-refractivity contribution in [1.29, 1.82) is 0 Å². The number of halogens is 1. The molecule has 0 radical (unpaired) electrons. The van der Waals surface area contributed by atoms with Crippen molar-refractivity contribution in [1.82, 2.24) is 5.32 Å². The average molecular weight is 266 g/mol. The zero-order chi connectivity index (χ0) is 13.3. The standard InChI is InChI=1S/C13H16ClN3O/c1-13(2)6-8-5-9(16-11(15)7-14)3-4-10(8)12(18)17-13/h3-5H,6-7H2,1-2H3,(H2,15,16)(H,17,18). The van der Waals surface area contributed by atoms with Crippen LogP contribution < -0.4 is 11.1 Å². The Kier molecular flexibility index (Phi) is 3.30. The lowest BCUT2D eigenvalue weighted by atomic mass is 9.87. The van der Waals surface area contributed by atoms with E-state index < -0.39 is 0 Å². The summed E-state index contributed by atoms with van der Waals surface area (Å²) in [6.45, 7) is 3.99. The van der Waals surface area contributed by atoms with E-state index in [0.717, 1.165) is 17.7 Å². The van der Waals surface area contributed by atoms with Crippen LogP contribution >= 0.6 is 11.6 Å². The molecule has 0 aliphatic carbocycles. The Morgan fingerprint density at radius 3 is 2.94 bits per heavy atom. The van der Waals surface area contributed by atoms with Gasteiger partial charge in [0.25, 0.3) is 5.91 Å². The van der Waals surface area contributed by atoms with Crippen LogP contribution in [0.2, 0.25) is 0 Å². The van der Waals surface area contributed by atoms with Crippen molar-refractivity contribution in [3.05, 3.63) is 29.3 Å². The molecule has 4 nitrogen and oxygen atoms in total. The van der Waals surface area contributed by atoms with Crippen LogP contribution in [0, 0.1) is 0 Å². The Hall–Kier alpha value is -1.55. The third-order valence-electron chi connectivity index (χ3n) is 2.83. The Labute approximate surface area is 111 Å². The van der Waals surface area contributed by atoms with Crippen LogP contribution in [0.1, 0.15) is 29.8 Å². The summed E-state index contributed by atoms with van der Waals surface area (Å²) in [5, 5.41) is 2.96. The molecule has 18 heavy (non-hydrogen) atoms. The summed E-state index contributed by atoms with van der Waals surface area (Å²) in [5.74, 6) is 0.529. The highest BCUT2D eigenvalue weighted by Crippen LogP contribution is 2.26. The fourth-order valence-electron chi connectivity index (χ4n) is 2.11. The third-order valence-corrected chi connectivity index (χ3v) is 3.10. The highest BCUT2D eigenvalue weighted by molar-refractivity contribution is 6.28. The van der Waals surface area contributed by atoms with Gasteiger partial charge >= 0.3 is 0 Å². The molecule has 96 valence electrons. The number of nitrogens with two attached hydrogens (primary N) is 1. The number of aliphatic imine (C=N–C) groups is 1. The van der Waals surface area contributed by atoms with Crippen LogP contribution in [0.5, 0.6) is 0 Å². The van der Waals surface area contributed by atoms with Gasteiger partial charge < -0.3 is 11.1 Å². The molecular formula is C13H16ClN3O. The monoisotopic (exact) mass is 265 g/mol. The van der Waals surface area contributed by atoms with Crippen molar-refractivity contribution in [3.8, 4) is 0 Å². The van der Waals surface area contributed by atoms with Gasteiger partial charge in [-0.1, -0.05) is 0 Å². The van der Waals surface area contributed by atoms with Crippen molar-refractivity contribution in [2.24, 2.45) is 10.7 Å². The van der Waals surface area contributed by atoms with E-state index in [-0.39, 0.29) is 17.3 Å². The van der Waals surface area contributed by atoms with Crippen molar-refractivity contribution in [3.63, 3.8) is 0 Å². The lowest BCUT2D eigenvalue weighted by Crippen LogP contribution is -2.49. The summed E-state index contributed by atoms with van der Waals surface area (Å²) in [5.41, 5.74) is 7.80. The molecule has 0 saturated carbocycles. The largest absolute Gasteiger partial charge is 0.386 e. The van der Waals surface area contributed by atoms with Crippen LogP contribution in [-0.2, 0) is 6.42 Å². The quantitative estimate of drug-likeness (QED) is 0.488. The first-order valence-electron chi connectivity index (χ1n) is 5.76. The molecule has 0 atom stereocenters. The van der Waals surface area contributed by atoms with Crippen LogP contribution in [0.3, 0.4) is 0 Å². The van der Waals surface area contributed by atoms with E-state index in [1.807, 2.05) is 19.9 Å². The van der Waals surface area contributed by atoms with Crippen LogP contribution in [0.4, 0.5) is 5.69 Å². The maximum absolute atomic E-state index is 11.9. The highest BCUT2D eigenvalue weighted by Gasteiger charge is 2.29. The van der Waals surface area contributed by atoms with Crippen molar-refractivity contribution in [2.45, 2.75) is 25.8 Å². The number of hydrogen-bond acceptors (Lipinski definition) is 2. The van der Waals surface area contributed by atoms with E-state index >= 15 is 0 Å². The first-order chi connectivity index (χ1) is 8.41. The number of alkyl halides is 1. The lowest BCUT2D eigenvalue weighted by Gasteiger charge is -2.32. The molecule has 1 aliphatic rings. The summed E-state index contributed by atoms with van der Waals surface area (Å²) >= 11 is 5.59. The van der Waals surface area contributed by atoms with Gasteiger partial charge in [0.05, 0.1) is 11.6 Å². The van der Waals surface area contributed by atoms with E-state index in [1.165, 1.54) is 0 Å². The summed E-state index contributed by atoms with van der Waals surface area (Å²) in [4.78, 5) is 16.1. The Morgan fingerprint density at radius 1 is 1.56 bits per heavy atom. The van der Waals surface area contributed by atoms with Crippen molar-refractivity contribution in [2.75, 3.05) is 5.88 Å². The number of fused-ring (bicyclic) bond motifs is 1. The van der Waals surface area contributed by atoms with Gasteiger partial charge in [-0.05, 0) is 44.0 Å². The maximum atomic E-state index is 11.9. The molecule has 1 aliphatic heterocycles. The molecule has 1 aromatic rings. The van der Waals surface area contributed by atoms with Gasteiger partial charge in [0.1, 0.15) is 5.84 Å². The topological polar surface area (TPSA) is 67.5 Å². The summed E-state index contributed by atoms with van der Waals surface area (Å²) in [6.07, 6.45) is 0.776. The second-order valence-electron chi connectivity index (χ2n) is 5.09. The summed E-state index contributed by atoms with van der Waals surface area (Å²) < 4.78 is 0. The fraction of sp³-hybridized carbons (Fsp3) is 0.385. The van der Waals surface area contributed by atoms with E-state index in [9.17, 15) is 4.79 Å². The molecule has 0 spiro atoms. The molecule has 0 saturated heterocycles. The second-order valence-corrected chi connectivity index (χ2v) is 5.36. The smallest absolute Gasteiger partial charge is 0.251 e. The Balaban J connectivity index is 2.40. The lowest BCUT2D eigenvalue weighted by molar-refractivity contribution is 0.0897. The van der Waals surface area contributed by atoms with E-state index in [0.29, 0.717) is 11.4 Å². The predicted octanol–water partition coefficient (Wildman–Crippen LogP) is 1.98. The molecule has 2 rings (SSSR count). The average Bonchev–Trinajstić information content (AvgIpc) is 2.26. The first-order valence-corrected chi connectivity index (χ1v) is 6.29. The normalized spacial score (nSPS) is 18.2. The van der Waals surface area contributed by atoms with Gasteiger partial charge in [-0.3, -0.25) is 4.79 Å². The van der Waals surface area contributed by atoms with Gasteiger partial charge in [0, 0.05) is 11.1 Å². The summed E-state index contributed by atoms with van der Waals surface area (Å²) in [7, 11) is 0. The van der Waals surface area contributed by atoms with E-state index in [4.69, 9.17) is 17.3 Å². The van der Waals surface area contributed by atoms with Crippen LogP contribution in [0.15, 0.2) is 23.2 Å². The Morgan fingerprint density at radius 2 is 2.28 bits per heavy atom. The van der Waals surface area contributed by atoms with Gasteiger partial charge in [-0.2, -0.15) is 0 Å². The molecule has 1 amide bonds. The fourth-order valence-corrected chi connectivity index (χ4v) is 2.17. The molecule has 1 aromatic carbocycles. The molecule has 0 unspecified atom stereocenters. The van der Waals surface area contributed by atoms with E-state index in [1.54, 1.807) is 12.1 Å². The minimum Gasteiger partial charge on any atom is -0.386 e. The number of rotatable bonds is 2. The van der Waals surface area contributed by atoms with Gasteiger partial charge in [0.15, 0.2) is 0 Å². The maximum Gasteiger partial charge on any atom is 0.251 e. The minimum absolute atomic E-state index is 0.0397. The molecule has 0 fully saturated rings. The van der Waals surface area contributed by atoms with Crippen LogP contribution in [0.25, 0.3) is 0 Å². The second kappa shape index (κ2) is 4.61. The molecule has 0 bridgehead atoms. The van der Waals surface area contributed by atoms with Gasteiger partial charge in [-0.25, -0.2) is 4.99 Å². The zero-order valence-corrected chi connectivity index (χ0v) is 11.2. The predicted molar refractivity (Wildman–Crippen MR) is 73.7 cm³/mol. The Bertz CT molecular complexity index is 523. The number of amidine groups is 1. The highest BCUT2D eigenvalue weighted by atomic mass is 35.5. The molecule has 5 heteroatoms. The number of nitrogens with one attached hydrogen (secondary N) is 1. The van der Waals surface area contributed by atoms with Crippen molar-refractivity contribution >= 4 is 29.0 Å². The third kappa shape index (κ3) is 2.64. The first kappa shape index (κ1) is 12.9. The molecule has 1 heterocycles. The van der Waals surface area contributed by atoms with Gasteiger partial charge in [-0.15, -0.1) is 11.6 Å². The summed E-state index contributed by atoms with van der Waals surface area (Å²) in [6, 6.07) is 5.45. The SMILES string of the molecule is CC1(C)Cc2cc(N=C(N)CCl)ccc2C(=O)N1. The number of carbonyl (C=O) groups excluding carboxylic acids is 1. The van der Waals surface area contributed by atoms with Crippen molar-refractivity contribution < 1.29 is 4.79 Å². The molecule has 3 N–H and O–H groups in total. The number of nitrogens with zero attached hydrogens (tertiary/aromatic N) is 1. The number of hydrogen-bond donors (Lipinski definition) is 2. The minimum atomic E-state index is -0.232. The molecular weight excluding hydrogens is 250 g/mol. The molecule has 0 aromatic heterocycles. The number of benzene rings is 1. The number of carbonyl (C=O) groups is 1.